The predicted octanol–water partition coefficient (Wildman–Crippen LogP) is 2.34. The normalized spacial score (nSPS) is 10.1. The SMILES string of the molecule is COc1ccccc1CC(=O)Nc1ccc(CN)cc1. The van der Waals surface area contributed by atoms with Crippen LogP contribution in [0.4, 0.5) is 5.69 Å². The van der Waals surface area contributed by atoms with Crippen LogP contribution in [-0.2, 0) is 17.8 Å². The Morgan fingerprint density at radius 1 is 1.15 bits per heavy atom. The zero-order valence-corrected chi connectivity index (χ0v) is 11.4. The standard InChI is InChI=1S/C16H18N2O2/c1-20-15-5-3-2-4-13(15)10-16(19)18-14-8-6-12(11-17)7-9-14/h2-9H,10-11,17H2,1H3,(H,18,19). The highest BCUT2D eigenvalue weighted by Crippen LogP contribution is 2.18. The Balaban J connectivity index is 2.01. The van der Waals surface area contributed by atoms with E-state index in [1.54, 1.807) is 7.11 Å². The molecule has 0 radical (unpaired) electrons. The molecule has 0 unspecified atom stereocenters. The minimum Gasteiger partial charge on any atom is -0.496 e. The van der Waals surface area contributed by atoms with E-state index in [2.05, 4.69) is 5.32 Å². The summed E-state index contributed by atoms with van der Waals surface area (Å²) >= 11 is 0. The lowest BCUT2D eigenvalue weighted by Gasteiger charge is -2.09. The van der Waals surface area contributed by atoms with E-state index in [1.165, 1.54) is 0 Å². The van der Waals surface area contributed by atoms with Crippen molar-refractivity contribution in [2.45, 2.75) is 13.0 Å². The largest absolute Gasteiger partial charge is 0.496 e. The minimum absolute atomic E-state index is 0.0741. The zero-order chi connectivity index (χ0) is 14.4. The van der Waals surface area contributed by atoms with Crippen molar-refractivity contribution in [3.63, 3.8) is 0 Å². The number of benzene rings is 2. The third kappa shape index (κ3) is 3.59. The number of amides is 1. The Morgan fingerprint density at radius 3 is 2.50 bits per heavy atom. The molecule has 2 rings (SSSR count). The predicted molar refractivity (Wildman–Crippen MR) is 79.7 cm³/mol. The van der Waals surface area contributed by atoms with Crippen LogP contribution >= 0.6 is 0 Å². The first-order valence-corrected chi connectivity index (χ1v) is 6.43. The molecule has 0 saturated heterocycles. The number of carbonyl (C=O) groups is 1. The summed E-state index contributed by atoms with van der Waals surface area (Å²) in [5.41, 5.74) is 8.20. The molecular weight excluding hydrogens is 252 g/mol. The number of para-hydroxylation sites is 1. The molecule has 104 valence electrons. The molecule has 4 nitrogen and oxygen atoms in total. The van der Waals surface area contributed by atoms with Crippen molar-refractivity contribution in [1.82, 2.24) is 0 Å². The molecule has 0 fully saturated rings. The van der Waals surface area contributed by atoms with Gasteiger partial charge in [0.15, 0.2) is 0 Å². The van der Waals surface area contributed by atoms with E-state index < -0.39 is 0 Å². The van der Waals surface area contributed by atoms with Crippen molar-refractivity contribution in [2.24, 2.45) is 5.73 Å². The molecule has 0 aromatic heterocycles. The van der Waals surface area contributed by atoms with Gasteiger partial charge >= 0.3 is 0 Å². The first kappa shape index (κ1) is 14.1. The fourth-order valence-corrected chi connectivity index (χ4v) is 1.95. The van der Waals surface area contributed by atoms with E-state index in [0.717, 1.165) is 22.6 Å². The maximum Gasteiger partial charge on any atom is 0.228 e. The molecular formula is C16H18N2O2. The van der Waals surface area contributed by atoms with Crippen molar-refractivity contribution < 1.29 is 9.53 Å². The summed E-state index contributed by atoms with van der Waals surface area (Å²) in [7, 11) is 1.60. The summed E-state index contributed by atoms with van der Waals surface area (Å²) < 4.78 is 5.23. The van der Waals surface area contributed by atoms with Crippen LogP contribution in [0.15, 0.2) is 48.5 Å². The topological polar surface area (TPSA) is 64.3 Å². The van der Waals surface area contributed by atoms with Crippen LogP contribution in [0.5, 0.6) is 5.75 Å². The summed E-state index contributed by atoms with van der Waals surface area (Å²) in [5.74, 6) is 0.649. The molecule has 0 spiro atoms. The molecule has 0 aliphatic carbocycles. The molecule has 1 amide bonds. The first-order valence-electron chi connectivity index (χ1n) is 6.43. The number of hydrogen-bond donors (Lipinski definition) is 2. The summed E-state index contributed by atoms with van der Waals surface area (Å²) in [5, 5.41) is 2.86. The third-order valence-corrected chi connectivity index (χ3v) is 3.02. The molecule has 4 heteroatoms. The number of hydrogen-bond acceptors (Lipinski definition) is 3. The maximum atomic E-state index is 12.0. The van der Waals surface area contributed by atoms with Gasteiger partial charge in [-0.15, -0.1) is 0 Å². The van der Waals surface area contributed by atoms with E-state index in [1.807, 2.05) is 48.5 Å². The van der Waals surface area contributed by atoms with Gasteiger partial charge in [-0.05, 0) is 23.8 Å². The van der Waals surface area contributed by atoms with Gasteiger partial charge in [0.25, 0.3) is 0 Å². The quantitative estimate of drug-likeness (QED) is 0.876. The summed E-state index contributed by atoms with van der Waals surface area (Å²) in [6, 6.07) is 15.0. The highest BCUT2D eigenvalue weighted by molar-refractivity contribution is 5.92. The second kappa shape index (κ2) is 6.73. The minimum atomic E-state index is -0.0741. The Hall–Kier alpha value is -2.33. The number of methoxy groups -OCH3 is 1. The highest BCUT2D eigenvalue weighted by atomic mass is 16.5. The molecule has 2 aromatic carbocycles. The van der Waals surface area contributed by atoms with Gasteiger partial charge in [-0.25, -0.2) is 0 Å². The Bertz CT molecular complexity index is 579. The van der Waals surface area contributed by atoms with E-state index in [4.69, 9.17) is 10.5 Å². The zero-order valence-electron chi connectivity index (χ0n) is 11.4. The van der Waals surface area contributed by atoms with Gasteiger partial charge in [-0.3, -0.25) is 4.79 Å². The Labute approximate surface area is 118 Å². The number of nitrogens with one attached hydrogen (secondary N) is 1. The number of nitrogens with two attached hydrogens (primary N) is 1. The third-order valence-electron chi connectivity index (χ3n) is 3.02. The van der Waals surface area contributed by atoms with Crippen LogP contribution < -0.4 is 15.8 Å². The fraction of sp³-hybridized carbons (Fsp3) is 0.188. The lowest BCUT2D eigenvalue weighted by atomic mass is 10.1. The molecule has 0 aliphatic heterocycles. The average molecular weight is 270 g/mol. The van der Waals surface area contributed by atoms with Gasteiger partial charge in [-0.2, -0.15) is 0 Å². The summed E-state index contributed by atoms with van der Waals surface area (Å²) in [6.45, 7) is 0.495. The van der Waals surface area contributed by atoms with E-state index in [0.29, 0.717) is 6.54 Å². The van der Waals surface area contributed by atoms with Crippen LogP contribution in [0.3, 0.4) is 0 Å². The molecule has 0 atom stereocenters. The Kier molecular flexibility index (Phi) is 4.74. The smallest absolute Gasteiger partial charge is 0.228 e. The van der Waals surface area contributed by atoms with Crippen LogP contribution in [0, 0.1) is 0 Å². The molecule has 0 aliphatic rings. The van der Waals surface area contributed by atoms with E-state index in [-0.39, 0.29) is 12.3 Å². The molecule has 0 heterocycles. The maximum absolute atomic E-state index is 12.0. The van der Waals surface area contributed by atoms with Gasteiger partial charge in [-0.1, -0.05) is 30.3 Å². The van der Waals surface area contributed by atoms with Gasteiger partial charge < -0.3 is 15.8 Å². The van der Waals surface area contributed by atoms with Crippen molar-refractivity contribution in [2.75, 3.05) is 12.4 Å². The van der Waals surface area contributed by atoms with Crippen LogP contribution in [0.1, 0.15) is 11.1 Å². The second-order valence-electron chi connectivity index (χ2n) is 4.44. The Morgan fingerprint density at radius 2 is 1.85 bits per heavy atom. The monoisotopic (exact) mass is 270 g/mol. The van der Waals surface area contributed by atoms with E-state index in [9.17, 15) is 4.79 Å². The highest BCUT2D eigenvalue weighted by Gasteiger charge is 2.08. The van der Waals surface area contributed by atoms with Crippen molar-refractivity contribution in [3.8, 4) is 5.75 Å². The molecule has 0 saturated carbocycles. The lowest BCUT2D eigenvalue weighted by Crippen LogP contribution is -2.15. The molecule has 0 bridgehead atoms. The number of anilines is 1. The van der Waals surface area contributed by atoms with Gasteiger partial charge in [0.1, 0.15) is 5.75 Å². The second-order valence-corrected chi connectivity index (χ2v) is 4.44. The van der Waals surface area contributed by atoms with Gasteiger partial charge in [0.2, 0.25) is 5.91 Å². The number of rotatable bonds is 5. The summed E-state index contributed by atoms with van der Waals surface area (Å²) in [6.07, 6.45) is 0.280. The van der Waals surface area contributed by atoms with Gasteiger partial charge in [0, 0.05) is 17.8 Å². The van der Waals surface area contributed by atoms with Gasteiger partial charge in [0.05, 0.1) is 13.5 Å². The van der Waals surface area contributed by atoms with Crippen LogP contribution in [-0.4, -0.2) is 13.0 Å². The van der Waals surface area contributed by atoms with Crippen molar-refractivity contribution >= 4 is 11.6 Å². The number of carbonyl (C=O) groups excluding carboxylic acids is 1. The average Bonchev–Trinajstić information content (AvgIpc) is 2.48. The lowest BCUT2D eigenvalue weighted by molar-refractivity contribution is -0.115. The number of ether oxygens (including phenoxy) is 1. The first-order chi connectivity index (χ1) is 9.72. The molecule has 3 N–H and O–H groups in total. The summed E-state index contributed by atoms with van der Waals surface area (Å²) in [4.78, 5) is 12.0. The molecule has 20 heavy (non-hydrogen) atoms. The van der Waals surface area contributed by atoms with Crippen molar-refractivity contribution in [1.29, 1.82) is 0 Å². The molecule has 2 aromatic rings. The van der Waals surface area contributed by atoms with Crippen LogP contribution in [0.25, 0.3) is 0 Å². The fourth-order valence-electron chi connectivity index (χ4n) is 1.95. The van der Waals surface area contributed by atoms with Crippen LogP contribution in [0.2, 0.25) is 0 Å². The van der Waals surface area contributed by atoms with E-state index >= 15 is 0 Å². The van der Waals surface area contributed by atoms with Crippen molar-refractivity contribution in [3.05, 3.63) is 59.7 Å².